The van der Waals surface area contributed by atoms with Gasteiger partial charge in [-0.25, -0.2) is 4.79 Å². The van der Waals surface area contributed by atoms with E-state index in [1.54, 1.807) is 6.33 Å². The lowest BCUT2D eigenvalue weighted by atomic mass is 9.96. The molecule has 8 heteroatoms. The smallest absolute Gasteiger partial charge is 0.317 e. The maximum Gasteiger partial charge on any atom is 0.317 e. The van der Waals surface area contributed by atoms with Crippen molar-refractivity contribution in [1.82, 2.24) is 34.8 Å². The number of benzene rings is 1. The Morgan fingerprint density at radius 1 is 1.03 bits per heavy atom. The second kappa shape index (κ2) is 10.7. The summed E-state index contributed by atoms with van der Waals surface area (Å²) in [6.07, 6.45) is 4.65. The van der Waals surface area contributed by atoms with E-state index in [4.69, 9.17) is 0 Å². The number of nitrogens with one attached hydrogen (secondary N) is 1. The highest BCUT2D eigenvalue weighted by Crippen LogP contribution is 2.25. The zero-order chi connectivity index (χ0) is 21.5. The van der Waals surface area contributed by atoms with Crippen LogP contribution in [0.3, 0.4) is 0 Å². The van der Waals surface area contributed by atoms with Gasteiger partial charge in [-0.15, -0.1) is 10.2 Å². The number of piperazine rings is 1. The molecule has 2 aromatic rings. The molecule has 2 aliphatic heterocycles. The second-order valence-corrected chi connectivity index (χ2v) is 8.75. The first-order valence-corrected chi connectivity index (χ1v) is 11.5. The molecule has 2 saturated heterocycles. The summed E-state index contributed by atoms with van der Waals surface area (Å²) in [7, 11) is 1.98. The average molecular weight is 426 g/mol. The van der Waals surface area contributed by atoms with E-state index in [1.165, 1.54) is 5.56 Å². The number of piperidine rings is 1. The van der Waals surface area contributed by atoms with Crippen molar-refractivity contribution in [2.24, 2.45) is 7.05 Å². The van der Waals surface area contributed by atoms with Gasteiger partial charge in [-0.1, -0.05) is 30.3 Å². The molecule has 0 aliphatic carbocycles. The van der Waals surface area contributed by atoms with Crippen molar-refractivity contribution in [1.29, 1.82) is 0 Å². The van der Waals surface area contributed by atoms with Crippen LogP contribution in [0.4, 0.5) is 4.79 Å². The second-order valence-electron chi connectivity index (χ2n) is 8.75. The molecule has 168 valence electrons. The largest absolute Gasteiger partial charge is 0.338 e. The quantitative estimate of drug-likeness (QED) is 0.687. The van der Waals surface area contributed by atoms with Gasteiger partial charge in [-0.05, 0) is 31.4 Å². The summed E-state index contributed by atoms with van der Waals surface area (Å²) in [5.74, 6) is 1.43. The van der Waals surface area contributed by atoms with Crippen LogP contribution in [-0.4, -0.2) is 87.9 Å². The van der Waals surface area contributed by atoms with Crippen LogP contribution in [-0.2, 0) is 13.6 Å². The van der Waals surface area contributed by atoms with Gasteiger partial charge < -0.3 is 19.7 Å². The van der Waals surface area contributed by atoms with E-state index in [-0.39, 0.29) is 6.03 Å². The molecular weight excluding hydrogens is 390 g/mol. The monoisotopic (exact) mass is 425 g/mol. The first kappa shape index (κ1) is 21.8. The average Bonchev–Trinajstić information content (AvgIpc) is 3.24. The van der Waals surface area contributed by atoms with E-state index in [0.29, 0.717) is 5.92 Å². The highest BCUT2D eigenvalue weighted by atomic mass is 16.2. The Hall–Kier alpha value is -2.45. The summed E-state index contributed by atoms with van der Waals surface area (Å²) in [6, 6.07) is 10.8. The van der Waals surface area contributed by atoms with Crippen molar-refractivity contribution in [3.05, 3.63) is 48.0 Å². The normalized spacial score (nSPS) is 18.9. The lowest BCUT2D eigenvalue weighted by Gasteiger charge is -2.35. The lowest BCUT2D eigenvalue weighted by Crippen LogP contribution is -2.47. The molecule has 0 bridgehead atoms. The minimum absolute atomic E-state index is 0.0732. The van der Waals surface area contributed by atoms with E-state index >= 15 is 0 Å². The molecule has 1 aromatic heterocycles. The number of rotatable bonds is 7. The number of hydrogen-bond acceptors (Lipinski definition) is 5. The number of carbonyl (C=O) groups excluding carboxylic acids is 1. The highest BCUT2D eigenvalue weighted by molar-refractivity contribution is 5.74. The first-order valence-electron chi connectivity index (χ1n) is 11.5. The fourth-order valence-corrected chi connectivity index (χ4v) is 4.62. The highest BCUT2D eigenvalue weighted by Gasteiger charge is 2.26. The Kier molecular flexibility index (Phi) is 7.53. The number of likely N-dealkylation sites (tertiary alicyclic amines) is 1. The van der Waals surface area contributed by atoms with E-state index in [2.05, 4.69) is 55.6 Å². The third kappa shape index (κ3) is 6.04. The van der Waals surface area contributed by atoms with Crippen LogP contribution >= 0.6 is 0 Å². The molecule has 0 saturated carbocycles. The molecular formula is C23H35N7O. The third-order valence-electron chi connectivity index (χ3n) is 6.53. The number of aryl methyl sites for hydroxylation is 1. The fourth-order valence-electron chi connectivity index (χ4n) is 4.62. The number of urea groups is 1. The van der Waals surface area contributed by atoms with Gasteiger partial charge in [0.15, 0.2) is 0 Å². The van der Waals surface area contributed by atoms with Gasteiger partial charge >= 0.3 is 6.03 Å². The zero-order valence-corrected chi connectivity index (χ0v) is 18.6. The first-order chi connectivity index (χ1) is 15.2. The van der Waals surface area contributed by atoms with Gasteiger partial charge in [-0.3, -0.25) is 4.90 Å². The molecule has 1 N–H and O–H groups in total. The Labute approximate surface area is 185 Å². The molecule has 0 unspecified atom stereocenters. The summed E-state index contributed by atoms with van der Waals surface area (Å²) < 4.78 is 1.99. The summed E-state index contributed by atoms with van der Waals surface area (Å²) >= 11 is 0. The van der Waals surface area contributed by atoms with Crippen molar-refractivity contribution in [2.75, 3.05) is 52.4 Å². The Bertz CT molecular complexity index is 808. The maximum absolute atomic E-state index is 12.5. The summed E-state index contributed by atoms with van der Waals surface area (Å²) in [5, 5.41) is 11.3. The van der Waals surface area contributed by atoms with E-state index in [9.17, 15) is 4.79 Å². The van der Waals surface area contributed by atoms with Crippen LogP contribution in [0.25, 0.3) is 0 Å². The van der Waals surface area contributed by atoms with Crippen LogP contribution in [0.1, 0.15) is 36.6 Å². The molecule has 31 heavy (non-hydrogen) atoms. The van der Waals surface area contributed by atoms with Gasteiger partial charge in [0.1, 0.15) is 12.2 Å². The molecule has 3 heterocycles. The third-order valence-corrected chi connectivity index (χ3v) is 6.53. The van der Waals surface area contributed by atoms with Gasteiger partial charge in [-0.2, -0.15) is 0 Å². The van der Waals surface area contributed by atoms with E-state index < -0.39 is 0 Å². The van der Waals surface area contributed by atoms with Crippen molar-refractivity contribution in [3.8, 4) is 0 Å². The van der Waals surface area contributed by atoms with Crippen LogP contribution < -0.4 is 5.32 Å². The SMILES string of the molecule is Cn1cnnc1C1CCN(C(=O)NCCCN2CCN(Cc3ccccc3)CC2)CC1. The Morgan fingerprint density at radius 3 is 2.42 bits per heavy atom. The maximum atomic E-state index is 12.5. The Balaban J connectivity index is 1.08. The summed E-state index contributed by atoms with van der Waals surface area (Å²) in [6.45, 7) is 8.84. The van der Waals surface area contributed by atoms with Crippen LogP contribution in [0.15, 0.2) is 36.7 Å². The fraction of sp³-hybridized carbons (Fsp3) is 0.609. The van der Waals surface area contributed by atoms with Gasteiger partial charge in [0.25, 0.3) is 0 Å². The molecule has 8 nitrogen and oxygen atoms in total. The number of aromatic nitrogens is 3. The number of carbonyl (C=O) groups is 1. The summed E-state index contributed by atoms with van der Waals surface area (Å²) in [4.78, 5) is 19.5. The van der Waals surface area contributed by atoms with Crippen LogP contribution in [0.5, 0.6) is 0 Å². The molecule has 1 aromatic carbocycles. The standard InChI is InChI=1S/C23H35N7O/c1-27-19-25-26-22(27)21-8-12-30(13-9-21)23(31)24-10-5-11-28-14-16-29(17-15-28)18-20-6-3-2-4-7-20/h2-4,6-7,19,21H,5,8-18H2,1H3,(H,24,31). The van der Waals surface area contributed by atoms with Crippen LogP contribution in [0, 0.1) is 0 Å². The van der Waals surface area contributed by atoms with Crippen molar-refractivity contribution in [3.63, 3.8) is 0 Å². The van der Waals surface area contributed by atoms with Gasteiger partial charge in [0.05, 0.1) is 0 Å². The van der Waals surface area contributed by atoms with Crippen molar-refractivity contribution < 1.29 is 4.79 Å². The number of amides is 2. The molecule has 2 amide bonds. The van der Waals surface area contributed by atoms with Crippen molar-refractivity contribution in [2.45, 2.75) is 31.7 Å². The minimum Gasteiger partial charge on any atom is -0.338 e. The van der Waals surface area contributed by atoms with Gasteiger partial charge in [0.2, 0.25) is 0 Å². The molecule has 0 spiro atoms. The number of nitrogens with zero attached hydrogens (tertiary/aromatic N) is 6. The predicted octanol–water partition coefficient (Wildman–Crippen LogP) is 1.91. The van der Waals surface area contributed by atoms with E-state index in [1.807, 2.05) is 16.5 Å². The number of hydrogen-bond donors (Lipinski definition) is 1. The minimum atomic E-state index is 0.0732. The molecule has 2 aliphatic rings. The summed E-state index contributed by atoms with van der Waals surface area (Å²) in [5.41, 5.74) is 1.39. The van der Waals surface area contributed by atoms with Crippen LogP contribution in [0.2, 0.25) is 0 Å². The molecule has 4 rings (SSSR count). The lowest BCUT2D eigenvalue weighted by molar-refractivity contribution is 0.126. The molecule has 0 atom stereocenters. The predicted molar refractivity (Wildman–Crippen MR) is 121 cm³/mol. The Morgan fingerprint density at radius 2 is 1.74 bits per heavy atom. The van der Waals surface area contributed by atoms with E-state index in [0.717, 1.165) is 84.0 Å². The zero-order valence-electron chi connectivity index (χ0n) is 18.6. The molecule has 2 fully saturated rings. The topological polar surface area (TPSA) is 69.5 Å². The van der Waals surface area contributed by atoms with Gasteiger partial charge in [0, 0.05) is 65.3 Å². The molecule has 0 radical (unpaired) electrons. The van der Waals surface area contributed by atoms with Crippen molar-refractivity contribution >= 4 is 6.03 Å².